The van der Waals surface area contributed by atoms with Gasteiger partial charge >= 0.3 is 0 Å². The van der Waals surface area contributed by atoms with Crippen LogP contribution in [0.15, 0.2) is 40.3 Å². The fraction of sp³-hybridized carbons (Fsp3) is 0.167. The van der Waals surface area contributed by atoms with Crippen LogP contribution in [0, 0.1) is 0 Å². The van der Waals surface area contributed by atoms with Gasteiger partial charge in [0.2, 0.25) is 5.52 Å². The first-order chi connectivity index (χ1) is 13.7. The van der Waals surface area contributed by atoms with Gasteiger partial charge in [-0.3, -0.25) is 4.55 Å². The zero-order chi connectivity index (χ0) is 20.8. The first-order valence-electron chi connectivity index (χ1n) is 8.42. The molecule has 0 saturated carbocycles. The number of hydrogen-bond acceptors (Lipinski definition) is 5. The summed E-state index contributed by atoms with van der Waals surface area (Å²) in [6, 6.07) is 9.23. The van der Waals surface area contributed by atoms with Gasteiger partial charge in [0.1, 0.15) is 4.70 Å². The van der Waals surface area contributed by atoms with Crippen LogP contribution in [0.1, 0.15) is 11.4 Å². The Bertz CT molecular complexity index is 1260. The number of aromatic nitrogens is 1. The largest absolute Gasteiger partial charge is 0.349 e. The number of halogens is 3. The number of nitrogens with zero attached hydrogens (tertiary/aromatic N) is 1. The summed E-state index contributed by atoms with van der Waals surface area (Å²) in [6.07, 6.45) is 2.26. The fourth-order valence-corrected chi connectivity index (χ4v) is 6.31. The zero-order valence-corrected chi connectivity index (χ0v) is 19.4. The Balaban J connectivity index is 1.72. The van der Waals surface area contributed by atoms with Crippen molar-refractivity contribution in [2.24, 2.45) is 0 Å². The van der Waals surface area contributed by atoms with Crippen LogP contribution in [0.5, 0.6) is 0 Å². The summed E-state index contributed by atoms with van der Waals surface area (Å²) in [5, 5.41) is 6.74. The van der Waals surface area contributed by atoms with Crippen LogP contribution in [0.25, 0.3) is 16.3 Å². The summed E-state index contributed by atoms with van der Waals surface area (Å²) in [5.41, 5.74) is 1.84. The van der Waals surface area contributed by atoms with Crippen LogP contribution in [-0.4, -0.2) is 18.7 Å². The molecule has 2 aromatic carbocycles. The van der Waals surface area contributed by atoms with E-state index in [4.69, 9.17) is 39.4 Å². The van der Waals surface area contributed by atoms with Crippen molar-refractivity contribution in [3.8, 4) is 0 Å². The molecule has 0 bridgehead atoms. The molecule has 1 aromatic heterocycles. The van der Waals surface area contributed by atoms with E-state index in [-0.39, 0.29) is 12.2 Å². The molecule has 2 N–H and O–H groups in total. The summed E-state index contributed by atoms with van der Waals surface area (Å²) in [5.74, 6) is -0.314. The van der Waals surface area contributed by atoms with E-state index in [1.165, 1.54) is 11.3 Å². The summed E-state index contributed by atoms with van der Waals surface area (Å²) in [7, 11) is -4.02. The molecule has 11 heteroatoms. The molecule has 1 aliphatic heterocycles. The minimum Gasteiger partial charge on any atom is -0.349 e. The van der Waals surface area contributed by atoms with E-state index in [2.05, 4.69) is 5.32 Å². The lowest BCUT2D eigenvalue weighted by Gasteiger charge is -2.00. The third kappa shape index (κ3) is 4.85. The van der Waals surface area contributed by atoms with Gasteiger partial charge in [0.15, 0.2) is 6.54 Å². The van der Waals surface area contributed by atoms with Crippen LogP contribution >= 0.6 is 57.9 Å². The van der Waals surface area contributed by atoms with E-state index in [1.54, 1.807) is 23.9 Å². The number of fused-ring (bicyclic) bond motifs is 2. The van der Waals surface area contributed by atoms with Gasteiger partial charge in [-0.25, -0.2) is 0 Å². The van der Waals surface area contributed by atoms with Crippen molar-refractivity contribution in [3.05, 3.63) is 55.4 Å². The Hall–Kier alpha value is -1.000. The van der Waals surface area contributed by atoms with Gasteiger partial charge in [-0.15, -0.1) is 0 Å². The molecule has 0 radical (unpaired) electrons. The highest BCUT2D eigenvalue weighted by Crippen LogP contribution is 2.43. The van der Waals surface area contributed by atoms with Crippen molar-refractivity contribution in [3.63, 3.8) is 0 Å². The third-order valence-electron chi connectivity index (χ3n) is 4.23. The van der Waals surface area contributed by atoms with Crippen molar-refractivity contribution in [1.29, 1.82) is 0 Å². The maximum Gasteiger partial charge on any atom is 0.265 e. The lowest BCUT2D eigenvalue weighted by molar-refractivity contribution is -0.668. The number of benzene rings is 2. The van der Waals surface area contributed by atoms with Crippen molar-refractivity contribution in [2.75, 3.05) is 11.1 Å². The van der Waals surface area contributed by atoms with Gasteiger partial charge in [-0.2, -0.15) is 13.0 Å². The summed E-state index contributed by atoms with van der Waals surface area (Å²) >= 11 is 21.5. The van der Waals surface area contributed by atoms with Crippen LogP contribution in [0.2, 0.25) is 15.1 Å². The maximum atomic E-state index is 11.1. The molecule has 0 fully saturated rings. The van der Waals surface area contributed by atoms with Crippen LogP contribution in [-0.2, 0) is 16.7 Å². The fourth-order valence-electron chi connectivity index (χ4n) is 2.98. The molecule has 0 spiro atoms. The third-order valence-corrected chi connectivity index (χ3v) is 8.09. The molecule has 3 aromatic rings. The summed E-state index contributed by atoms with van der Waals surface area (Å²) in [4.78, 5) is 1.04. The van der Waals surface area contributed by atoms with Crippen LogP contribution < -0.4 is 9.88 Å². The lowest BCUT2D eigenvalue weighted by Crippen LogP contribution is -2.36. The summed E-state index contributed by atoms with van der Waals surface area (Å²) in [6.45, 7) is 0.403. The molecule has 0 amide bonds. The van der Waals surface area contributed by atoms with E-state index >= 15 is 0 Å². The number of rotatable bonds is 5. The Kier molecular flexibility index (Phi) is 6.05. The molecule has 0 saturated heterocycles. The van der Waals surface area contributed by atoms with E-state index in [0.717, 1.165) is 30.8 Å². The molecule has 0 aliphatic carbocycles. The van der Waals surface area contributed by atoms with Crippen LogP contribution in [0.4, 0.5) is 5.69 Å². The number of aryl methyl sites for hydroxylation is 1. The Morgan fingerprint density at radius 1 is 1.14 bits per heavy atom. The molecule has 1 aliphatic rings. The minimum absolute atomic E-state index is 0.266. The van der Waals surface area contributed by atoms with Gasteiger partial charge in [0.25, 0.3) is 15.1 Å². The van der Waals surface area contributed by atoms with Crippen molar-refractivity contribution in [1.82, 2.24) is 0 Å². The summed E-state index contributed by atoms with van der Waals surface area (Å²) < 4.78 is 34.2. The average molecular weight is 509 g/mol. The normalized spacial score (nSPS) is 15.1. The Morgan fingerprint density at radius 3 is 2.66 bits per heavy atom. The second-order valence-electron chi connectivity index (χ2n) is 6.34. The zero-order valence-electron chi connectivity index (χ0n) is 14.7. The van der Waals surface area contributed by atoms with Crippen molar-refractivity contribution in [2.45, 2.75) is 17.9 Å². The van der Waals surface area contributed by atoms with Crippen molar-refractivity contribution < 1.29 is 17.5 Å². The first kappa shape index (κ1) is 21.2. The number of nitrogens with one attached hydrogen (secondary N) is 1. The SMILES string of the molecule is O=S(=O)(O)CCC[n+]1c(C=C2Nc3ccc(Cl)cc3S2)sc2cc(Cl)c(Cl)cc21. The van der Waals surface area contributed by atoms with Gasteiger partial charge in [0.05, 0.1) is 32.6 Å². The predicted molar refractivity (Wildman–Crippen MR) is 122 cm³/mol. The number of anilines is 1. The van der Waals surface area contributed by atoms with E-state index < -0.39 is 10.1 Å². The molecule has 4 rings (SSSR count). The van der Waals surface area contributed by atoms with Crippen LogP contribution in [0.3, 0.4) is 0 Å². The number of hydrogen-bond donors (Lipinski definition) is 2. The highest BCUT2D eigenvalue weighted by molar-refractivity contribution is 8.03. The highest BCUT2D eigenvalue weighted by atomic mass is 35.5. The van der Waals surface area contributed by atoms with Crippen molar-refractivity contribution >= 4 is 90.0 Å². The second kappa shape index (κ2) is 8.26. The minimum atomic E-state index is -4.02. The van der Waals surface area contributed by atoms with E-state index in [1.807, 2.05) is 28.8 Å². The molecule has 0 atom stereocenters. The van der Waals surface area contributed by atoms with E-state index in [0.29, 0.717) is 21.6 Å². The standard InChI is InChI=1S/C18H13Cl3N2O3S3/c19-10-2-3-13-15(6-10)27-17(22-13)9-18-23(4-1-5-29(24,25)26)14-7-11(20)12(21)8-16(14)28-18/h2-3,6-9H,1,4-5H2,(H,24,25,26)/p+1. The second-order valence-corrected chi connectivity index (χ2v) is 11.3. The maximum absolute atomic E-state index is 11.1. The average Bonchev–Trinajstić information content (AvgIpc) is 3.15. The lowest BCUT2D eigenvalue weighted by atomic mass is 10.3. The Morgan fingerprint density at radius 2 is 1.90 bits per heavy atom. The topological polar surface area (TPSA) is 70.3 Å². The Labute approximate surface area is 191 Å². The molecular formula is C18H14Cl3N2O3S3+. The van der Waals surface area contributed by atoms with E-state index in [9.17, 15) is 8.42 Å². The molecule has 0 unspecified atom stereocenters. The smallest absolute Gasteiger partial charge is 0.265 e. The molecule has 5 nitrogen and oxygen atoms in total. The quantitative estimate of drug-likeness (QED) is 0.329. The first-order valence-corrected chi connectivity index (χ1v) is 12.8. The van der Waals surface area contributed by atoms with Gasteiger partial charge < -0.3 is 5.32 Å². The van der Waals surface area contributed by atoms with Gasteiger partial charge in [0, 0.05) is 22.4 Å². The molecule has 2 heterocycles. The number of thiazole rings is 1. The molecule has 152 valence electrons. The predicted octanol–water partition coefficient (Wildman–Crippen LogP) is 5.94. The monoisotopic (exact) mass is 507 g/mol. The van der Waals surface area contributed by atoms with Gasteiger partial charge in [-0.05, 0) is 24.3 Å². The highest BCUT2D eigenvalue weighted by Gasteiger charge is 2.24. The molecular weight excluding hydrogens is 495 g/mol. The number of thioether (sulfide) groups is 1. The molecule has 29 heavy (non-hydrogen) atoms. The van der Waals surface area contributed by atoms with Gasteiger partial charge in [-0.1, -0.05) is 57.9 Å².